The van der Waals surface area contributed by atoms with Gasteiger partial charge in [-0.15, -0.1) is 11.6 Å². The highest BCUT2D eigenvalue weighted by molar-refractivity contribution is 6.17. The van der Waals surface area contributed by atoms with Gasteiger partial charge in [0.25, 0.3) is 5.69 Å². The van der Waals surface area contributed by atoms with Crippen molar-refractivity contribution in [3.05, 3.63) is 69.3 Å². The number of carboxylic acids is 1. The van der Waals surface area contributed by atoms with Crippen molar-refractivity contribution in [3.63, 3.8) is 0 Å². The Hall–Kier alpha value is -2.54. The first-order chi connectivity index (χ1) is 11.8. The summed E-state index contributed by atoms with van der Waals surface area (Å²) < 4.78 is 14.5. The van der Waals surface area contributed by atoms with E-state index in [2.05, 4.69) is 4.98 Å². The van der Waals surface area contributed by atoms with E-state index in [0.29, 0.717) is 5.69 Å². The molecular weight excluding hydrogens is 351 g/mol. The molecule has 0 saturated heterocycles. The monoisotopic (exact) mass is 366 g/mol. The molecule has 0 saturated carbocycles. The highest BCUT2D eigenvalue weighted by Gasteiger charge is 2.49. The van der Waals surface area contributed by atoms with E-state index in [1.165, 1.54) is 30.3 Å². The quantitative estimate of drug-likeness (QED) is 0.456. The summed E-state index contributed by atoms with van der Waals surface area (Å²) in [4.78, 5) is 27.2. The van der Waals surface area contributed by atoms with E-state index in [1.54, 1.807) is 6.92 Å². The van der Waals surface area contributed by atoms with E-state index >= 15 is 0 Å². The molecule has 0 aliphatic rings. The molecule has 0 aliphatic heterocycles. The molecular formula is C17H16ClFN2O4. The predicted molar refractivity (Wildman–Crippen MR) is 90.4 cm³/mol. The topological polar surface area (TPSA) is 93.3 Å². The number of hydrogen-bond donors (Lipinski definition) is 1. The van der Waals surface area contributed by atoms with Gasteiger partial charge < -0.3 is 5.11 Å². The van der Waals surface area contributed by atoms with E-state index in [4.69, 9.17) is 11.6 Å². The minimum atomic E-state index is -2.01. The van der Waals surface area contributed by atoms with Crippen LogP contribution in [0.1, 0.15) is 29.8 Å². The van der Waals surface area contributed by atoms with Crippen molar-refractivity contribution >= 4 is 23.3 Å². The number of aromatic nitrogens is 1. The number of alkyl halides is 1. The van der Waals surface area contributed by atoms with Gasteiger partial charge in [0.05, 0.1) is 4.92 Å². The van der Waals surface area contributed by atoms with E-state index in [9.17, 15) is 24.4 Å². The molecule has 0 amide bonds. The number of nitro groups is 1. The molecule has 8 heteroatoms. The smallest absolute Gasteiger partial charge is 0.320 e. The molecule has 0 aliphatic carbocycles. The van der Waals surface area contributed by atoms with Gasteiger partial charge in [0.2, 0.25) is 0 Å². The fourth-order valence-corrected chi connectivity index (χ4v) is 2.99. The first-order valence-electron chi connectivity index (χ1n) is 7.51. The number of nitrogens with zero attached hydrogens (tertiary/aromatic N) is 2. The van der Waals surface area contributed by atoms with Crippen LogP contribution in [0.4, 0.5) is 10.1 Å². The largest absolute Gasteiger partial charge is 0.480 e. The van der Waals surface area contributed by atoms with Gasteiger partial charge in [0, 0.05) is 23.2 Å². The second-order valence-electron chi connectivity index (χ2n) is 5.56. The van der Waals surface area contributed by atoms with E-state index < -0.39 is 27.8 Å². The second-order valence-corrected chi connectivity index (χ2v) is 5.94. The summed E-state index contributed by atoms with van der Waals surface area (Å²) in [5, 5.41) is 21.5. The maximum Gasteiger partial charge on any atom is 0.320 e. The van der Waals surface area contributed by atoms with Gasteiger partial charge in [-0.2, -0.15) is 0 Å². The molecule has 0 spiro atoms. The second kappa shape index (κ2) is 7.57. The van der Waals surface area contributed by atoms with Crippen molar-refractivity contribution in [1.29, 1.82) is 0 Å². The van der Waals surface area contributed by atoms with Crippen LogP contribution in [0.25, 0.3) is 0 Å². The Morgan fingerprint density at radius 2 is 2.04 bits per heavy atom. The fraction of sp³-hybridized carbons (Fsp3) is 0.294. The molecule has 132 valence electrons. The Morgan fingerprint density at radius 1 is 1.36 bits per heavy atom. The van der Waals surface area contributed by atoms with Gasteiger partial charge in [-0.25, -0.2) is 9.37 Å². The number of benzene rings is 1. The van der Waals surface area contributed by atoms with Gasteiger partial charge in [0.15, 0.2) is 0 Å². The van der Waals surface area contributed by atoms with Gasteiger partial charge >= 0.3 is 5.97 Å². The molecule has 2 aromatic rings. The van der Waals surface area contributed by atoms with Gasteiger partial charge in [-0.05, 0) is 31.9 Å². The van der Waals surface area contributed by atoms with Gasteiger partial charge in [-0.1, -0.05) is 18.2 Å². The minimum absolute atomic E-state index is 0.121. The van der Waals surface area contributed by atoms with Crippen LogP contribution < -0.4 is 0 Å². The van der Waals surface area contributed by atoms with Gasteiger partial charge in [-0.3, -0.25) is 14.9 Å². The Bertz CT molecular complexity index is 815. The number of aliphatic carboxylic acids is 1. The van der Waals surface area contributed by atoms with Crippen molar-refractivity contribution in [2.45, 2.75) is 25.2 Å². The number of halogens is 2. The molecule has 25 heavy (non-hydrogen) atoms. The van der Waals surface area contributed by atoms with E-state index in [-0.39, 0.29) is 30.0 Å². The SMILES string of the molecule is Cc1ccc([N+](=O)[O-])c(C(CCCCl)(C(=O)O)c2ccccc2F)n1. The minimum Gasteiger partial charge on any atom is -0.480 e. The molecule has 1 heterocycles. The summed E-state index contributed by atoms with van der Waals surface area (Å²) >= 11 is 5.72. The van der Waals surface area contributed by atoms with Crippen molar-refractivity contribution in [2.75, 3.05) is 5.88 Å². The van der Waals surface area contributed by atoms with Crippen LogP contribution in [0.3, 0.4) is 0 Å². The molecule has 1 aromatic carbocycles. The van der Waals surface area contributed by atoms with Crippen molar-refractivity contribution in [1.82, 2.24) is 4.98 Å². The maximum atomic E-state index is 14.5. The number of aryl methyl sites for hydroxylation is 1. The van der Waals surface area contributed by atoms with Crippen LogP contribution in [0.15, 0.2) is 36.4 Å². The summed E-state index contributed by atoms with van der Waals surface area (Å²) in [7, 11) is 0. The zero-order chi connectivity index (χ0) is 18.6. The summed E-state index contributed by atoms with van der Waals surface area (Å²) in [6.45, 7) is 1.59. The van der Waals surface area contributed by atoms with Crippen LogP contribution in [-0.2, 0) is 10.2 Å². The lowest BCUT2D eigenvalue weighted by molar-refractivity contribution is -0.386. The molecule has 0 fully saturated rings. The van der Waals surface area contributed by atoms with Crippen LogP contribution in [0, 0.1) is 22.9 Å². The first-order valence-corrected chi connectivity index (χ1v) is 8.05. The number of rotatable bonds is 7. The normalized spacial score (nSPS) is 13.2. The Kier molecular flexibility index (Phi) is 5.69. The van der Waals surface area contributed by atoms with Crippen molar-refractivity contribution < 1.29 is 19.2 Å². The van der Waals surface area contributed by atoms with Crippen LogP contribution in [-0.4, -0.2) is 26.9 Å². The van der Waals surface area contributed by atoms with Gasteiger partial charge in [0.1, 0.15) is 16.9 Å². The Balaban J connectivity index is 2.89. The maximum absolute atomic E-state index is 14.5. The highest BCUT2D eigenvalue weighted by atomic mass is 35.5. The fourth-order valence-electron chi connectivity index (χ4n) is 2.85. The molecule has 0 radical (unpaired) electrons. The average molecular weight is 367 g/mol. The summed E-state index contributed by atoms with van der Waals surface area (Å²) in [5.41, 5.74) is -2.54. The molecule has 1 atom stereocenters. The lowest BCUT2D eigenvalue weighted by atomic mass is 9.73. The number of pyridine rings is 1. The third-order valence-corrected chi connectivity index (χ3v) is 4.27. The number of hydrogen-bond acceptors (Lipinski definition) is 4. The van der Waals surface area contributed by atoms with Crippen molar-refractivity contribution in [3.8, 4) is 0 Å². The van der Waals surface area contributed by atoms with E-state index in [1.807, 2.05) is 0 Å². The first kappa shape index (κ1) is 18.8. The Labute approximate surface area is 148 Å². The third-order valence-electron chi connectivity index (χ3n) is 4.00. The standard InChI is InChI=1S/C17H16ClFN2O4/c1-11-7-8-14(21(24)25)15(20-11)17(16(22)23,9-4-10-18)12-5-2-3-6-13(12)19/h2-3,5-8H,4,9-10H2,1H3,(H,22,23). The van der Waals surface area contributed by atoms with Crippen LogP contribution in [0.2, 0.25) is 0 Å². The summed E-state index contributed by atoms with van der Waals surface area (Å²) in [6.07, 6.45) is 0.0963. The molecule has 2 rings (SSSR count). The average Bonchev–Trinajstić information content (AvgIpc) is 2.56. The molecule has 1 N–H and O–H groups in total. The summed E-state index contributed by atoms with van der Waals surface area (Å²) in [6, 6.07) is 7.94. The third kappa shape index (κ3) is 3.46. The molecule has 6 nitrogen and oxygen atoms in total. The number of carbonyl (C=O) groups is 1. The molecule has 1 unspecified atom stereocenters. The van der Waals surface area contributed by atoms with Crippen LogP contribution in [0.5, 0.6) is 0 Å². The van der Waals surface area contributed by atoms with E-state index in [0.717, 1.165) is 6.07 Å². The molecule has 0 bridgehead atoms. The van der Waals surface area contributed by atoms with Crippen molar-refractivity contribution in [2.24, 2.45) is 0 Å². The predicted octanol–water partition coefficient (Wildman–Crippen LogP) is 3.83. The highest BCUT2D eigenvalue weighted by Crippen LogP contribution is 2.41. The summed E-state index contributed by atoms with van der Waals surface area (Å²) in [5.74, 6) is -2.05. The lowest BCUT2D eigenvalue weighted by Gasteiger charge is -2.29. The Morgan fingerprint density at radius 3 is 2.60 bits per heavy atom. The lowest BCUT2D eigenvalue weighted by Crippen LogP contribution is -2.40. The van der Waals surface area contributed by atoms with Crippen LogP contribution >= 0.6 is 11.6 Å². The molecule has 1 aromatic heterocycles. The zero-order valence-electron chi connectivity index (χ0n) is 13.4. The zero-order valence-corrected chi connectivity index (χ0v) is 14.2. The number of carboxylic acid groups (broad SMARTS) is 1.